The smallest absolute Gasteiger partial charge is 0.0355 e. The second-order valence-electron chi connectivity index (χ2n) is 15.8. The molecular formula is C56H46S. The van der Waals surface area contributed by atoms with Gasteiger partial charge < -0.3 is 0 Å². The lowest BCUT2D eigenvalue weighted by atomic mass is 9.68. The summed E-state index contributed by atoms with van der Waals surface area (Å²) in [5.41, 5.74) is 13.6. The molecule has 0 amide bonds. The molecule has 0 saturated carbocycles. The Labute approximate surface area is 340 Å². The van der Waals surface area contributed by atoms with Gasteiger partial charge in [0.25, 0.3) is 0 Å². The maximum absolute atomic E-state index is 2.50. The maximum Gasteiger partial charge on any atom is 0.0355 e. The molecule has 1 heterocycles. The Morgan fingerprint density at radius 1 is 0.702 bits per heavy atom. The van der Waals surface area contributed by atoms with Crippen molar-refractivity contribution < 1.29 is 0 Å². The van der Waals surface area contributed by atoms with Crippen molar-refractivity contribution in [3.05, 3.63) is 227 Å². The molecule has 0 bridgehead atoms. The lowest BCUT2D eigenvalue weighted by Crippen LogP contribution is -2.19. The van der Waals surface area contributed by atoms with Gasteiger partial charge in [-0.25, -0.2) is 0 Å². The molecule has 8 aromatic rings. The van der Waals surface area contributed by atoms with E-state index in [1.807, 2.05) is 11.3 Å². The number of aryl methyl sites for hydroxylation is 1. The number of hydrogen-bond acceptors (Lipinski definition) is 1. The van der Waals surface area contributed by atoms with E-state index >= 15 is 0 Å². The third kappa shape index (κ3) is 6.81. The summed E-state index contributed by atoms with van der Waals surface area (Å²) in [6, 6.07) is 58.9. The van der Waals surface area contributed by atoms with Gasteiger partial charge in [0.2, 0.25) is 0 Å². The molecule has 2 aliphatic carbocycles. The average Bonchev–Trinajstić information content (AvgIpc) is 3.65. The van der Waals surface area contributed by atoms with E-state index in [0.29, 0.717) is 0 Å². The predicted molar refractivity (Wildman–Crippen MR) is 247 cm³/mol. The van der Waals surface area contributed by atoms with E-state index in [1.54, 1.807) is 0 Å². The molecule has 3 unspecified atom stereocenters. The van der Waals surface area contributed by atoms with E-state index < -0.39 is 0 Å². The van der Waals surface area contributed by atoms with Crippen LogP contribution in [0.1, 0.15) is 71.4 Å². The molecule has 57 heavy (non-hydrogen) atoms. The van der Waals surface area contributed by atoms with Gasteiger partial charge >= 0.3 is 0 Å². The SMILES string of the molecule is CC1C=Cc2c(-c3ccc4sc5ccccc5c4c3)cc3cccc(C(CCc4ccccc4)c4ccccc4)c3c2C1/C(=C/c1ccccc1)C1=CCCC=C1. The molecule has 0 spiro atoms. The molecule has 0 fully saturated rings. The molecule has 7 aromatic carbocycles. The molecule has 2 aliphatic rings. The van der Waals surface area contributed by atoms with Gasteiger partial charge in [-0.15, -0.1) is 11.3 Å². The molecule has 0 radical (unpaired) electrons. The Hall–Kier alpha value is -6.02. The summed E-state index contributed by atoms with van der Waals surface area (Å²) in [7, 11) is 0. The van der Waals surface area contributed by atoms with Gasteiger partial charge in [0.15, 0.2) is 0 Å². The first-order chi connectivity index (χ1) is 28.2. The molecule has 0 N–H and O–H groups in total. The second-order valence-corrected chi connectivity index (χ2v) is 16.9. The van der Waals surface area contributed by atoms with E-state index in [9.17, 15) is 0 Å². The first-order valence-electron chi connectivity index (χ1n) is 20.6. The predicted octanol–water partition coefficient (Wildman–Crippen LogP) is 15.7. The molecule has 1 heteroatoms. The quantitative estimate of drug-likeness (QED) is 0.138. The first-order valence-corrected chi connectivity index (χ1v) is 21.4. The fourth-order valence-electron chi connectivity index (χ4n) is 9.57. The van der Waals surface area contributed by atoms with Crippen LogP contribution >= 0.6 is 11.3 Å². The summed E-state index contributed by atoms with van der Waals surface area (Å²) in [5.74, 6) is 0.674. The van der Waals surface area contributed by atoms with Crippen LogP contribution in [0.25, 0.3) is 54.2 Å². The van der Waals surface area contributed by atoms with Crippen LogP contribution < -0.4 is 0 Å². The van der Waals surface area contributed by atoms with Crippen molar-refractivity contribution in [2.24, 2.45) is 5.92 Å². The Morgan fingerprint density at radius 3 is 2.26 bits per heavy atom. The zero-order chi connectivity index (χ0) is 38.1. The second kappa shape index (κ2) is 15.5. The van der Waals surface area contributed by atoms with Gasteiger partial charge in [0.05, 0.1) is 0 Å². The van der Waals surface area contributed by atoms with Crippen LogP contribution in [-0.4, -0.2) is 0 Å². The van der Waals surface area contributed by atoms with Crippen LogP contribution in [-0.2, 0) is 6.42 Å². The molecule has 0 aliphatic heterocycles. The Kier molecular flexibility index (Phi) is 9.62. The summed E-state index contributed by atoms with van der Waals surface area (Å²) in [6.07, 6.45) is 18.9. The number of benzene rings is 7. The standard InChI is InChI=1S/C56H46S/c1-38-29-32-48-49(43-31-34-53-51(36-43)46-26-14-15-28-52(46)57-53)37-44-25-16-27-47(45(41-21-10-4-11-22-41)33-30-39-17-6-2-7-18-39)55(44)56(48)54(38)50(42-23-12-5-13-24-42)35-40-19-8-3-9-20-40/h2-4,6-12,14-29,31-32,34-38,45,54H,5,13,30,33H2,1H3/b50-35+. The average molecular weight is 751 g/mol. The van der Waals surface area contributed by atoms with Crippen LogP contribution in [0.2, 0.25) is 0 Å². The zero-order valence-electron chi connectivity index (χ0n) is 32.4. The van der Waals surface area contributed by atoms with Crippen molar-refractivity contribution in [3.63, 3.8) is 0 Å². The lowest BCUT2D eigenvalue weighted by molar-refractivity contribution is 0.619. The summed E-state index contributed by atoms with van der Waals surface area (Å²) < 4.78 is 2.68. The number of rotatable bonds is 9. The Bertz CT molecular complexity index is 2850. The zero-order valence-corrected chi connectivity index (χ0v) is 33.3. The highest BCUT2D eigenvalue weighted by Crippen LogP contribution is 2.51. The summed E-state index contributed by atoms with van der Waals surface area (Å²) in [4.78, 5) is 0. The van der Waals surface area contributed by atoms with Gasteiger partial charge in [0.1, 0.15) is 0 Å². The van der Waals surface area contributed by atoms with Gasteiger partial charge in [0, 0.05) is 32.0 Å². The highest BCUT2D eigenvalue weighted by atomic mass is 32.1. The summed E-state index contributed by atoms with van der Waals surface area (Å²) in [6.45, 7) is 2.44. The minimum atomic E-state index is 0.152. The van der Waals surface area contributed by atoms with E-state index in [1.165, 1.54) is 86.6 Å². The van der Waals surface area contributed by atoms with Crippen LogP contribution in [0.15, 0.2) is 193 Å². The minimum Gasteiger partial charge on any atom is -0.135 e. The normalized spacial score (nSPS) is 17.2. The molecule has 10 rings (SSSR count). The van der Waals surface area contributed by atoms with Crippen LogP contribution in [0, 0.1) is 5.92 Å². The highest BCUT2D eigenvalue weighted by Gasteiger charge is 2.33. The largest absolute Gasteiger partial charge is 0.135 e. The number of hydrogen-bond donors (Lipinski definition) is 0. The van der Waals surface area contributed by atoms with Gasteiger partial charge in [-0.2, -0.15) is 0 Å². The van der Waals surface area contributed by atoms with Crippen molar-refractivity contribution in [2.75, 3.05) is 0 Å². The topological polar surface area (TPSA) is 0 Å². The fourth-order valence-corrected chi connectivity index (χ4v) is 10.7. The van der Waals surface area contributed by atoms with Crippen molar-refractivity contribution in [1.29, 1.82) is 0 Å². The van der Waals surface area contributed by atoms with Crippen LogP contribution in [0.3, 0.4) is 0 Å². The number of thiophene rings is 1. The summed E-state index contributed by atoms with van der Waals surface area (Å²) in [5, 5.41) is 5.41. The van der Waals surface area contributed by atoms with E-state index in [4.69, 9.17) is 0 Å². The fraction of sp³-hybridized carbons (Fsp3) is 0.143. The Balaban J connectivity index is 1.26. The molecule has 3 atom stereocenters. The van der Waals surface area contributed by atoms with Gasteiger partial charge in [-0.1, -0.05) is 177 Å². The number of allylic oxidation sites excluding steroid dienone is 6. The molecular weight excluding hydrogens is 705 g/mol. The molecule has 1 aromatic heterocycles. The Morgan fingerprint density at radius 2 is 1.46 bits per heavy atom. The maximum atomic E-state index is 2.50. The highest BCUT2D eigenvalue weighted by molar-refractivity contribution is 7.25. The third-order valence-electron chi connectivity index (χ3n) is 12.3. The van der Waals surface area contributed by atoms with Crippen molar-refractivity contribution >= 4 is 54.4 Å². The summed E-state index contributed by atoms with van der Waals surface area (Å²) >= 11 is 1.89. The van der Waals surface area contributed by atoms with E-state index in [-0.39, 0.29) is 17.8 Å². The van der Waals surface area contributed by atoms with Crippen molar-refractivity contribution in [3.8, 4) is 11.1 Å². The lowest BCUT2D eigenvalue weighted by Gasteiger charge is -2.35. The monoisotopic (exact) mass is 750 g/mol. The third-order valence-corrected chi connectivity index (χ3v) is 13.4. The van der Waals surface area contributed by atoms with Crippen molar-refractivity contribution in [1.82, 2.24) is 0 Å². The molecule has 0 saturated heterocycles. The number of fused-ring (bicyclic) bond motifs is 6. The molecule has 276 valence electrons. The van der Waals surface area contributed by atoms with Crippen LogP contribution in [0.5, 0.6) is 0 Å². The minimum absolute atomic E-state index is 0.152. The van der Waals surface area contributed by atoms with Gasteiger partial charge in [-0.3, -0.25) is 0 Å². The first kappa shape index (κ1) is 35.4. The van der Waals surface area contributed by atoms with Gasteiger partial charge in [-0.05, 0) is 122 Å². The molecule has 0 nitrogen and oxygen atoms in total. The van der Waals surface area contributed by atoms with E-state index in [0.717, 1.165) is 25.7 Å². The van der Waals surface area contributed by atoms with E-state index in [2.05, 4.69) is 201 Å². The van der Waals surface area contributed by atoms with Crippen molar-refractivity contribution in [2.45, 2.75) is 44.4 Å². The van der Waals surface area contributed by atoms with Crippen LogP contribution in [0.4, 0.5) is 0 Å².